The Morgan fingerprint density at radius 1 is 1.17 bits per heavy atom. The number of ether oxygens (including phenoxy) is 2. The van der Waals surface area contributed by atoms with E-state index in [9.17, 15) is 4.46 Å². The van der Waals surface area contributed by atoms with E-state index < -0.39 is 9.17 Å². The minimum Gasteiger partial charge on any atom is -0.511 e. The molecule has 5 nitrogen and oxygen atoms in total. The van der Waals surface area contributed by atoms with Gasteiger partial charge in [-0.1, -0.05) is 0 Å². The monoisotopic (exact) mass is 194 g/mol. The Morgan fingerprint density at radius 3 is 2.33 bits per heavy atom. The molecule has 0 bridgehead atoms. The molecule has 0 aromatic heterocycles. The van der Waals surface area contributed by atoms with Gasteiger partial charge in [0.15, 0.2) is 0 Å². The van der Waals surface area contributed by atoms with E-state index in [1.807, 2.05) is 6.92 Å². The molecular weight excluding hydrogens is 180 g/mol. The van der Waals surface area contributed by atoms with Gasteiger partial charge in [0.25, 0.3) is 0 Å². The van der Waals surface area contributed by atoms with Crippen molar-refractivity contribution < 1.29 is 23.2 Å². The van der Waals surface area contributed by atoms with Gasteiger partial charge in [0, 0.05) is 6.61 Å². The molecule has 0 aliphatic heterocycles. The van der Waals surface area contributed by atoms with Gasteiger partial charge in [-0.15, -0.1) is 0 Å². The normalized spacial score (nSPS) is 9.75. The van der Waals surface area contributed by atoms with Crippen LogP contribution in [0.15, 0.2) is 0 Å². The molecular formula is C6H14O5Si. The van der Waals surface area contributed by atoms with Crippen LogP contribution in [-0.4, -0.2) is 47.0 Å². The third-order valence-corrected chi connectivity index (χ3v) is 1.48. The number of hydrogen-bond donors (Lipinski definition) is 1. The maximum atomic E-state index is 10.0. The molecule has 0 amide bonds. The molecule has 0 unspecified atom stereocenters. The summed E-state index contributed by atoms with van der Waals surface area (Å²) in [5, 5.41) is 0. The van der Waals surface area contributed by atoms with Crippen molar-refractivity contribution in [2.45, 2.75) is 6.92 Å². The zero-order valence-corrected chi connectivity index (χ0v) is 8.12. The lowest BCUT2D eigenvalue weighted by Gasteiger charge is -2.03. The Kier molecular flexibility index (Phi) is 8.30. The summed E-state index contributed by atoms with van der Waals surface area (Å²) in [4.78, 5) is 8.24. The molecule has 0 aliphatic carbocycles. The van der Waals surface area contributed by atoms with E-state index in [0.717, 1.165) is 0 Å². The molecule has 0 atom stereocenters. The van der Waals surface area contributed by atoms with E-state index in [2.05, 4.69) is 4.43 Å². The van der Waals surface area contributed by atoms with Gasteiger partial charge >= 0.3 is 9.17 Å². The van der Waals surface area contributed by atoms with Crippen LogP contribution in [0.4, 0.5) is 0 Å². The quantitative estimate of drug-likeness (QED) is 0.415. The van der Waals surface area contributed by atoms with E-state index in [0.29, 0.717) is 26.4 Å². The van der Waals surface area contributed by atoms with Crippen LogP contribution in [0.25, 0.3) is 0 Å². The molecule has 72 valence electrons. The fourth-order valence-electron chi connectivity index (χ4n) is 0.552. The lowest BCUT2D eigenvalue weighted by Crippen LogP contribution is -2.13. The van der Waals surface area contributed by atoms with Crippen molar-refractivity contribution in [2.24, 2.45) is 0 Å². The van der Waals surface area contributed by atoms with Crippen LogP contribution in [-0.2, 0) is 18.4 Å². The van der Waals surface area contributed by atoms with E-state index in [1.54, 1.807) is 0 Å². The molecule has 6 heteroatoms. The lowest BCUT2D eigenvalue weighted by atomic mass is 10.7. The Labute approximate surface area is 73.1 Å². The maximum absolute atomic E-state index is 10.0. The van der Waals surface area contributed by atoms with Gasteiger partial charge in [0.1, 0.15) is 0 Å². The highest BCUT2D eigenvalue weighted by Crippen LogP contribution is 1.79. The van der Waals surface area contributed by atoms with Crippen LogP contribution in [0.1, 0.15) is 6.92 Å². The van der Waals surface area contributed by atoms with Crippen LogP contribution in [0.2, 0.25) is 0 Å². The Bertz CT molecular complexity index is 119. The smallest absolute Gasteiger partial charge is 0.511 e. The predicted molar refractivity (Wildman–Crippen MR) is 41.9 cm³/mol. The first-order chi connectivity index (χ1) is 5.77. The highest BCUT2D eigenvalue weighted by molar-refractivity contribution is 6.24. The van der Waals surface area contributed by atoms with Crippen molar-refractivity contribution in [3.05, 3.63) is 0 Å². The largest absolute Gasteiger partial charge is 0.764 e. The third kappa shape index (κ3) is 9.54. The maximum Gasteiger partial charge on any atom is 0.764 e. The summed E-state index contributed by atoms with van der Waals surface area (Å²) in [5.41, 5.74) is 0. The summed E-state index contributed by atoms with van der Waals surface area (Å²) >= 11 is 0. The highest BCUT2D eigenvalue weighted by Gasteiger charge is 2.01. The first kappa shape index (κ1) is 11.5. The summed E-state index contributed by atoms with van der Waals surface area (Å²) in [6.07, 6.45) is 0. The van der Waals surface area contributed by atoms with E-state index in [-0.39, 0.29) is 6.61 Å². The molecule has 0 saturated heterocycles. The first-order valence-electron chi connectivity index (χ1n) is 3.78. The van der Waals surface area contributed by atoms with Crippen molar-refractivity contribution >= 4 is 9.17 Å². The fraction of sp³-hybridized carbons (Fsp3) is 1.00. The van der Waals surface area contributed by atoms with Crippen molar-refractivity contribution in [1.82, 2.24) is 0 Å². The summed E-state index contributed by atoms with van der Waals surface area (Å²) in [6.45, 7) is 4.09. The van der Waals surface area contributed by atoms with Crippen molar-refractivity contribution in [2.75, 3.05) is 33.0 Å². The molecule has 0 aromatic carbocycles. The highest BCUT2D eigenvalue weighted by atomic mass is 28.3. The SMILES string of the molecule is CCOCCOCCO[Si](=O)O. The molecule has 0 aromatic rings. The Morgan fingerprint density at radius 2 is 1.75 bits per heavy atom. The molecule has 0 radical (unpaired) electrons. The standard InChI is InChI=1S/C6H14O5Si/c1-2-9-3-4-10-5-6-11-12(7)8/h7H,2-6H2,1H3. The number of rotatable bonds is 8. The first-order valence-corrected chi connectivity index (χ1v) is 5.05. The van der Waals surface area contributed by atoms with Crippen LogP contribution >= 0.6 is 0 Å². The van der Waals surface area contributed by atoms with E-state index in [4.69, 9.17) is 14.3 Å². The van der Waals surface area contributed by atoms with Gasteiger partial charge in [-0.05, 0) is 6.92 Å². The molecule has 0 fully saturated rings. The Balaban J connectivity index is 2.86. The van der Waals surface area contributed by atoms with Crippen LogP contribution < -0.4 is 0 Å². The van der Waals surface area contributed by atoms with E-state index >= 15 is 0 Å². The van der Waals surface area contributed by atoms with Crippen molar-refractivity contribution in [3.8, 4) is 0 Å². The van der Waals surface area contributed by atoms with Crippen LogP contribution in [0, 0.1) is 0 Å². The summed E-state index contributed by atoms with van der Waals surface area (Å²) in [7, 11) is -2.79. The van der Waals surface area contributed by atoms with Gasteiger partial charge in [0.05, 0.1) is 26.4 Å². The van der Waals surface area contributed by atoms with Gasteiger partial charge in [-0.25, -0.2) is 0 Å². The average Bonchev–Trinajstić information content (AvgIpc) is 2.02. The van der Waals surface area contributed by atoms with Crippen LogP contribution in [0.3, 0.4) is 0 Å². The zero-order valence-electron chi connectivity index (χ0n) is 7.12. The van der Waals surface area contributed by atoms with Crippen LogP contribution in [0.5, 0.6) is 0 Å². The van der Waals surface area contributed by atoms with Gasteiger partial charge in [0.2, 0.25) is 0 Å². The molecule has 0 rings (SSSR count). The molecule has 12 heavy (non-hydrogen) atoms. The third-order valence-electron chi connectivity index (χ3n) is 1.03. The predicted octanol–water partition coefficient (Wildman–Crippen LogP) is -0.536. The van der Waals surface area contributed by atoms with Gasteiger partial charge in [-0.2, -0.15) is 0 Å². The molecule has 1 N–H and O–H groups in total. The fourth-order valence-corrected chi connectivity index (χ4v) is 0.810. The minimum absolute atomic E-state index is 0.153. The summed E-state index contributed by atoms with van der Waals surface area (Å²) in [6, 6.07) is 0. The minimum atomic E-state index is -2.79. The van der Waals surface area contributed by atoms with Gasteiger partial charge < -0.3 is 18.7 Å². The van der Waals surface area contributed by atoms with E-state index in [1.165, 1.54) is 0 Å². The molecule has 0 saturated carbocycles. The van der Waals surface area contributed by atoms with Gasteiger partial charge in [-0.3, -0.25) is 4.46 Å². The second-order valence-electron chi connectivity index (χ2n) is 1.92. The number of hydrogen-bond acceptors (Lipinski definition) is 4. The molecule has 0 spiro atoms. The zero-order chi connectivity index (χ0) is 9.23. The van der Waals surface area contributed by atoms with Crippen molar-refractivity contribution in [1.29, 1.82) is 0 Å². The lowest BCUT2D eigenvalue weighted by molar-refractivity contribution is 0.0364. The second kappa shape index (κ2) is 8.63. The topological polar surface area (TPSA) is 65.0 Å². The second-order valence-corrected chi connectivity index (χ2v) is 2.74. The molecule has 0 heterocycles. The molecule has 0 aliphatic rings. The Hall–Kier alpha value is -0.463. The van der Waals surface area contributed by atoms with Crippen molar-refractivity contribution in [3.63, 3.8) is 0 Å². The summed E-state index contributed by atoms with van der Waals surface area (Å²) in [5.74, 6) is 0. The average molecular weight is 194 g/mol. The summed E-state index contributed by atoms with van der Waals surface area (Å²) < 4.78 is 24.4.